The van der Waals surface area contributed by atoms with Gasteiger partial charge in [0, 0.05) is 0 Å². The van der Waals surface area contributed by atoms with E-state index in [-0.39, 0.29) is 6.07 Å². The molecule has 0 radical (unpaired) electrons. The molecule has 0 amide bonds. The number of carbonyl (C=O) groups is 1. The number of nitrogens with one attached hydrogen (secondary N) is 1. The minimum absolute atomic E-state index is 0.179. The number of anilines is 1. The van der Waals surface area contributed by atoms with Crippen molar-refractivity contribution in [3.63, 3.8) is 0 Å². The quantitative estimate of drug-likeness (QED) is 0.664. The van der Waals surface area contributed by atoms with E-state index in [2.05, 4.69) is 4.74 Å². The normalized spacial score (nSPS) is 12.0. The van der Waals surface area contributed by atoms with Crippen LogP contribution in [-0.4, -0.2) is 27.2 Å². The first kappa shape index (κ1) is 17.2. The Morgan fingerprint density at radius 3 is 2.48 bits per heavy atom. The number of hydrogen-bond donors (Lipinski definition) is 1. The van der Waals surface area contributed by atoms with E-state index in [0.29, 0.717) is 12.1 Å². The summed E-state index contributed by atoms with van der Waals surface area (Å²) >= 11 is 0. The van der Waals surface area contributed by atoms with Crippen molar-refractivity contribution in [3.8, 4) is 0 Å². The number of sulfonamides is 1. The molecule has 21 heavy (non-hydrogen) atoms. The number of hydrogen-bond acceptors (Lipinski definition) is 4. The van der Waals surface area contributed by atoms with Gasteiger partial charge in [0.1, 0.15) is 5.82 Å². The maximum Gasteiger partial charge on any atom is 0.418 e. The van der Waals surface area contributed by atoms with Gasteiger partial charge in [-0.3, -0.25) is 9.52 Å². The Bertz CT molecular complexity index is 628. The monoisotopic (exact) mass is 329 g/mol. The fourth-order valence-corrected chi connectivity index (χ4v) is 2.43. The summed E-state index contributed by atoms with van der Waals surface area (Å²) in [6, 6.07) is 1.53. The molecule has 0 saturated carbocycles. The molecule has 0 aliphatic rings. The zero-order chi connectivity index (χ0) is 16.3. The van der Waals surface area contributed by atoms with Gasteiger partial charge in [0.15, 0.2) is 0 Å². The Labute approximate surface area is 118 Å². The number of ether oxygens (including phenoxy) is 1. The number of alkyl halides is 3. The maximum absolute atomic E-state index is 12.9. The van der Waals surface area contributed by atoms with Crippen molar-refractivity contribution in [2.75, 3.05) is 17.6 Å². The van der Waals surface area contributed by atoms with Gasteiger partial charge in [-0.1, -0.05) is 0 Å². The van der Waals surface area contributed by atoms with E-state index in [9.17, 15) is 30.8 Å². The summed E-state index contributed by atoms with van der Waals surface area (Å²) in [7, 11) is -3.16. The maximum atomic E-state index is 12.9. The lowest BCUT2D eigenvalue weighted by atomic mass is 10.2. The van der Waals surface area contributed by atoms with E-state index in [0.717, 1.165) is 7.11 Å². The van der Waals surface area contributed by atoms with E-state index < -0.39 is 51.4 Å². The van der Waals surface area contributed by atoms with Crippen LogP contribution < -0.4 is 4.72 Å². The van der Waals surface area contributed by atoms with Gasteiger partial charge in [0.25, 0.3) is 0 Å². The van der Waals surface area contributed by atoms with Gasteiger partial charge in [-0.15, -0.1) is 0 Å². The highest BCUT2D eigenvalue weighted by molar-refractivity contribution is 7.92. The van der Waals surface area contributed by atoms with Gasteiger partial charge in [-0.2, -0.15) is 13.2 Å². The van der Waals surface area contributed by atoms with Gasteiger partial charge in [0.05, 0.1) is 30.5 Å². The van der Waals surface area contributed by atoms with Crippen LogP contribution in [0.3, 0.4) is 0 Å². The lowest BCUT2D eigenvalue weighted by Crippen LogP contribution is -2.21. The molecule has 1 N–H and O–H groups in total. The highest BCUT2D eigenvalue weighted by Crippen LogP contribution is 2.35. The molecule has 0 saturated heterocycles. The Morgan fingerprint density at radius 1 is 1.33 bits per heavy atom. The van der Waals surface area contributed by atoms with Crippen molar-refractivity contribution in [2.24, 2.45) is 0 Å². The van der Waals surface area contributed by atoms with Crippen LogP contribution in [0.5, 0.6) is 0 Å². The number of carbonyl (C=O) groups excluding carboxylic acids is 1. The standard InChI is InChI=1S/C11H11F4NO4S/c1-20-10(17)4-5-21(18,19)16-9-3-2-7(12)6-8(9)11(13,14)15/h2-3,6,16H,4-5H2,1H3. The summed E-state index contributed by atoms with van der Waals surface area (Å²) in [4.78, 5) is 10.8. The van der Waals surface area contributed by atoms with Crippen molar-refractivity contribution >= 4 is 21.7 Å². The fourth-order valence-electron chi connectivity index (χ4n) is 1.38. The molecule has 1 aromatic carbocycles. The highest BCUT2D eigenvalue weighted by Gasteiger charge is 2.35. The average Bonchev–Trinajstić information content (AvgIpc) is 2.36. The van der Waals surface area contributed by atoms with E-state index >= 15 is 0 Å². The molecule has 0 heterocycles. The topological polar surface area (TPSA) is 72.5 Å². The van der Waals surface area contributed by atoms with Crippen LogP contribution in [0.4, 0.5) is 23.2 Å². The molecule has 118 valence electrons. The SMILES string of the molecule is COC(=O)CCS(=O)(=O)Nc1ccc(F)cc1C(F)(F)F. The number of benzene rings is 1. The molecular weight excluding hydrogens is 318 g/mol. The third kappa shape index (κ3) is 5.21. The van der Waals surface area contributed by atoms with Crippen LogP contribution in [0.2, 0.25) is 0 Å². The van der Waals surface area contributed by atoms with E-state index in [1.165, 1.54) is 0 Å². The summed E-state index contributed by atoms with van der Waals surface area (Å²) < 4.78 is 80.1. The summed E-state index contributed by atoms with van der Waals surface area (Å²) in [5.74, 6) is -2.73. The minimum atomic E-state index is -4.93. The molecule has 0 aliphatic carbocycles. The largest absolute Gasteiger partial charge is 0.469 e. The van der Waals surface area contributed by atoms with Crippen LogP contribution in [0.25, 0.3) is 0 Å². The van der Waals surface area contributed by atoms with Crippen molar-refractivity contribution in [2.45, 2.75) is 12.6 Å². The second-order valence-electron chi connectivity index (χ2n) is 3.93. The summed E-state index contributed by atoms with van der Waals surface area (Å²) in [6.07, 6.45) is -5.45. The van der Waals surface area contributed by atoms with Crippen molar-refractivity contribution < 1.29 is 35.5 Å². The van der Waals surface area contributed by atoms with E-state index in [4.69, 9.17) is 0 Å². The molecule has 1 aromatic rings. The number of halogens is 4. The number of rotatable bonds is 5. The molecule has 0 aliphatic heterocycles. The molecule has 0 atom stereocenters. The Balaban J connectivity index is 3.00. The predicted molar refractivity (Wildman–Crippen MR) is 65.4 cm³/mol. The van der Waals surface area contributed by atoms with E-state index in [1.54, 1.807) is 4.72 Å². The van der Waals surface area contributed by atoms with Crippen LogP contribution in [0.15, 0.2) is 18.2 Å². The van der Waals surface area contributed by atoms with Crippen LogP contribution >= 0.6 is 0 Å². The minimum Gasteiger partial charge on any atom is -0.469 e. The predicted octanol–water partition coefficient (Wildman–Crippen LogP) is 2.15. The number of esters is 1. The summed E-state index contributed by atoms with van der Waals surface area (Å²) in [5, 5.41) is 0. The van der Waals surface area contributed by atoms with Crippen molar-refractivity contribution in [1.29, 1.82) is 0 Å². The number of methoxy groups -OCH3 is 1. The van der Waals surface area contributed by atoms with Crippen LogP contribution in [0.1, 0.15) is 12.0 Å². The van der Waals surface area contributed by atoms with Crippen molar-refractivity contribution in [3.05, 3.63) is 29.6 Å². The second-order valence-corrected chi connectivity index (χ2v) is 5.78. The first-order valence-electron chi connectivity index (χ1n) is 5.49. The molecule has 5 nitrogen and oxygen atoms in total. The third-order valence-corrected chi connectivity index (χ3v) is 3.63. The van der Waals surface area contributed by atoms with Crippen LogP contribution in [0, 0.1) is 5.82 Å². The van der Waals surface area contributed by atoms with E-state index in [1.807, 2.05) is 0 Å². The Hall–Kier alpha value is -1.84. The lowest BCUT2D eigenvalue weighted by Gasteiger charge is -2.14. The zero-order valence-electron chi connectivity index (χ0n) is 10.7. The first-order valence-corrected chi connectivity index (χ1v) is 7.14. The fraction of sp³-hybridized carbons (Fsp3) is 0.364. The Morgan fingerprint density at radius 2 is 1.95 bits per heavy atom. The molecule has 0 aromatic heterocycles. The molecule has 0 spiro atoms. The average molecular weight is 329 g/mol. The Kier molecular flexibility index (Phi) is 5.15. The molecule has 10 heteroatoms. The molecule has 1 rings (SSSR count). The summed E-state index contributed by atoms with van der Waals surface area (Å²) in [6.45, 7) is 0. The molecule has 0 unspecified atom stereocenters. The van der Waals surface area contributed by atoms with Gasteiger partial charge in [-0.25, -0.2) is 12.8 Å². The van der Waals surface area contributed by atoms with Gasteiger partial charge in [-0.05, 0) is 18.2 Å². The second kappa shape index (κ2) is 6.29. The van der Waals surface area contributed by atoms with Gasteiger partial charge < -0.3 is 4.74 Å². The molecule has 0 fully saturated rings. The van der Waals surface area contributed by atoms with Gasteiger partial charge >= 0.3 is 12.1 Å². The highest BCUT2D eigenvalue weighted by atomic mass is 32.2. The molecular formula is C11H11F4NO4S. The summed E-state index contributed by atoms with van der Waals surface area (Å²) in [5.41, 5.74) is -2.27. The third-order valence-electron chi connectivity index (χ3n) is 2.36. The zero-order valence-corrected chi connectivity index (χ0v) is 11.5. The van der Waals surface area contributed by atoms with Gasteiger partial charge in [0.2, 0.25) is 10.0 Å². The smallest absolute Gasteiger partial charge is 0.418 e. The molecule has 0 bridgehead atoms. The van der Waals surface area contributed by atoms with Crippen LogP contribution in [-0.2, 0) is 25.7 Å². The first-order chi connectivity index (χ1) is 9.55. The van der Waals surface area contributed by atoms with Crippen molar-refractivity contribution in [1.82, 2.24) is 0 Å². The lowest BCUT2D eigenvalue weighted by molar-refractivity contribution is -0.140.